The average molecular weight is 1260 g/mol. The first-order valence-electron chi connectivity index (χ1n) is 32.7. The van der Waals surface area contributed by atoms with Crippen LogP contribution >= 0.6 is 0 Å². The minimum Gasteiger partial charge on any atom is -0.372 e. The summed E-state index contributed by atoms with van der Waals surface area (Å²) in [7, 11) is -3.60. The van der Waals surface area contributed by atoms with Crippen molar-refractivity contribution in [2.75, 3.05) is 177 Å². The van der Waals surface area contributed by atoms with Crippen LogP contribution in [0.3, 0.4) is 0 Å². The van der Waals surface area contributed by atoms with Gasteiger partial charge in [-0.1, -0.05) is 48.5 Å². The molecule has 0 amide bonds. The summed E-state index contributed by atoms with van der Waals surface area (Å²) in [5, 5.41) is 0. The fourth-order valence-corrected chi connectivity index (χ4v) is 13.0. The number of hydrogen-bond donors (Lipinski definition) is 0. The van der Waals surface area contributed by atoms with Crippen molar-refractivity contribution in [3.8, 4) is 0 Å². The van der Waals surface area contributed by atoms with Crippen LogP contribution < -0.4 is 19.6 Å². The molecule has 5 aromatic carbocycles. The van der Waals surface area contributed by atoms with Crippen molar-refractivity contribution in [3.63, 3.8) is 0 Å². The van der Waals surface area contributed by atoms with Gasteiger partial charge in [0.2, 0.25) is 9.84 Å². The number of epoxide rings is 12. The van der Waals surface area contributed by atoms with E-state index in [0.29, 0.717) is 58.6 Å². The van der Waals surface area contributed by atoms with Crippen LogP contribution in [0.1, 0.15) is 22.3 Å². The molecule has 0 radical (unpaired) electrons. The van der Waals surface area contributed by atoms with Crippen molar-refractivity contribution < 1.29 is 65.3 Å². The molecule has 482 valence electrons. The second kappa shape index (κ2) is 27.7. The zero-order valence-electron chi connectivity index (χ0n) is 51.4. The maximum Gasteiger partial charge on any atom is 0.206 e. The molecule has 0 aromatic heterocycles. The van der Waals surface area contributed by atoms with Gasteiger partial charge in [-0.05, 0) is 101 Å². The van der Waals surface area contributed by atoms with E-state index in [0.717, 1.165) is 189 Å². The first kappa shape index (κ1) is 60.9. The van der Waals surface area contributed by atoms with Gasteiger partial charge >= 0.3 is 0 Å². The number of anilines is 4. The Balaban J connectivity index is 0.000000113. The second-order valence-corrected chi connectivity index (χ2v) is 28.2. The third-order valence-corrected chi connectivity index (χ3v) is 19.7. The summed E-state index contributed by atoms with van der Waals surface area (Å²) in [5.74, 6) is 0. The maximum atomic E-state index is 13.2. The van der Waals surface area contributed by atoms with Crippen LogP contribution in [0.4, 0.5) is 22.7 Å². The first-order chi connectivity index (χ1) is 44.1. The molecule has 12 aliphatic rings. The van der Waals surface area contributed by atoms with Gasteiger partial charge in [-0.3, -0.25) is 9.80 Å². The highest BCUT2D eigenvalue weighted by Crippen LogP contribution is 2.32. The molecule has 0 saturated carbocycles. The molecule has 17 rings (SSSR count). The third kappa shape index (κ3) is 19.4. The highest BCUT2D eigenvalue weighted by Gasteiger charge is 2.37. The van der Waals surface area contributed by atoms with Crippen LogP contribution in [0.2, 0.25) is 0 Å². The zero-order valence-corrected chi connectivity index (χ0v) is 52.2. The highest BCUT2D eigenvalue weighted by molar-refractivity contribution is 7.91. The average Bonchev–Trinajstić information content (AvgIpc) is 3.89. The van der Waals surface area contributed by atoms with E-state index in [1.807, 2.05) is 24.3 Å². The summed E-state index contributed by atoms with van der Waals surface area (Å²) >= 11 is 0. The van der Waals surface area contributed by atoms with Crippen LogP contribution in [0, 0.1) is 0 Å². The normalized spacial score (nSPS) is 28.6. The largest absolute Gasteiger partial charge is 0.372 e. The quantitative estimate of drug-likeness (QED) is 0.0479. The topological polar surface area (TPSA) is 204 Å². The number of benzene rings is 5. The number of rotatable bonds is 36. The Morgan fingerprint density at radius 1 is 0.278 bits per heavy atom. The molecule has 12 heterocycles. The van der Waals surface area contributed by atoms with Gasteiger partial charge in [0.05, 0.1) is 162 Å². The molecule has 90 heavy (non-hydrogen) atoms. The molecule has 12 fully saturated rings. The molecule has 0 N–H and O–H groups in total. The van der Waals surface area contributed by atoms with Crippen LogP contribution in [0.15, 0.2) is 131 Å². The molecule has 12 atom stereocenters. The van der Waals surface area contributed by atoms with Gasteiger partial charge in [0.15, 0.2) is 0 Å². The van der Waals surface area contributed by atoms with Crippen molar-refractivity contribution in [1.29, 1.82) is 0 Å². The van der Waals surface area contributed by atoms with Crippen molar-refractivity contribution >= 4 is 32.6 Å². The second-order valence-electron chi connectivity index (χ2n) is 26.3. The van der Waals surface area contributed by atoms with Crippen molar-refractivity contribution in [3.05, 3.63) is 144 Å². The lowest BCUT2D eigenvalue weighted by molar-refractivity contribution is 0.210. The highest BCUT2D eigenvalue weighted by atomic mass is 32.2. The predicted octanol–water partition coefficient (Wildman–Crippen LogP) is 5.10. The molecule has 0 bridgehead atoms. The monoisotopic (exact) mass is 1250 g/mol. The van der Waals surface area contributed by atoms with Gasteiger partial charge in [-0.15, -0.1) is 0 Å². The van der Waals surface area contributed by atoms with Crippen LogP contribution in [0.5, 0.6) is 0 Å². The zero-order chi connectivity index (χ0) is 60.4. The van der Waals surface area contributed by atoms with E-state index in [1.54, 1.807) is 24.3 Å². The Labute approximate surface area is 528 Å². The minimum atomic E-state index is -3.60. The molecule has 12 aliphatic heterocycles. The minimum absolute atomic E-state index is 0.253. The lowest BCUT2D eigenvalue weighted by Crippen LogP contribution is -2.32. The van der Waals surface area contributed by atoms with E-state index in [4.69, 9.17) is 56.8 Å². The number of ether oxygens (including phenoxy) is 12. The Morgan fingerprint density at radius 2 is 0.489 bits per heavy atom. The molecule has 12 saturated heterocycles. The smallest absolute Gasteiger partial charge is 0.206 e. The molecule has 20 nitrogen and oxygen atoms in total. The summed E-state index contributed by atoms with van der Waals surface area (Å²) < 4.78 is 91.5. The molecular formula is C69H86N6O14S. The van der Waals surface area contributed by atoms with Gasteiger partial charge in [-0.2, -0.15) is 0 Å². The lowest BCUT2D eigenvalue weighted by Gasteiger charge is -2.24. The van der Waals surface area contributed by atoms with Gasteiger partial charge in [-0.25, -0.2) is 8.42 Å². The van der Waals surface area contributed by atoms with E-state index in [9.17, 15) is 8.42 Å². The van der Waals surface area contributed by atoms with E-state index in [1.165, 1.54) is 33.6 Å². The molecule has 5 aromatic rings. The van der Waals surface area contributed by atoms with Crippen molar-refractivity contribution in [2.45, 2.75) is 103 Å². The number of nitrogens with zero attached hydrogens (tertiary/aromatic N) is 6. The molecular weight excluding hydrogens is 1170 g/mol. The van der Waals surface area contributed by atoms with Crippen LogP contribution in [0.25, 0.3) is 0 Å². The maximum absolute atomic E-state index is 13.2. The van der Waals surface area contributed by atoms with Gasteiger partial charge in [0.1, 0.15) is 0 Å². The van der Waals surface area contributed by atoms with Crippen LogP contribution in [-0.4, -0.2) is 249 Å². The fraction of sp³-hybridized carbons (Fsp3) is 0.565. The summed E-state index contributed by atoms with van der Waals surface area (Å²) in [5.41, 5.74) is 9.87. The van der Waals surface area contributed by atoms with Crippen molar-refractivity contribution in [2.24, 2.45) is 0 Å². The lowest BCUT2D eigenvalue weighted by atomic mass is 10.0. The summed E-state index contributed by atoms with van der Waals surface area (Å²) in [6.45, 7) is 23.2. The third-order valence-electron chi connectivity index (χ3n) is 17.9. The van der Waals surface area contributed by atoms with E-state index < -0.39 is 9.84 Å². The van der Waals surface area contributed by atoms with E-state index in [-0.39, 0.29) is 24.4 Å². The Hall–Kier alpha value is -5.31. The summed E-state index contributed by atoms with van der Waals surface area (Å²) in [4.78, 5) is 14.7. The Morgan fingerprint density at radius 3 is 0.711 bits per heavy atom. The Bertz CT molecular complexity index is 2950. The standard InChI is InChI=1S/C25H30N2O4.C24H28N2O6S.C20H28N2O4/c1-5-20(26(10-22-14-28-22)11-23-15-29-23)6-2-18(1)9-19-3-7-21(8-4-19)27(12-24-16-30-24)13-25-17-31-25;27-33(28,23-5-1-17(2-6-23)25(9-19-13-29-19)10-20-14-30-20)24-7-3-18(4-8-24)26(11-21-15-31-21)12-22-16-32-22;1-2-15(5-21(7-17-11-23-17)8-18-12-24-18)4-16(3-1)6-22(9-19-13-25-19)10-20-14-26-20/h1-8,22-25H,9-17H2;1-8,19-22H,9-16H2;1-4,17-20H,5-14H2. The predicted molar refractivity (Wildman–Crippen MR) is 337 cm³/mol. The molecule has 0 spiro atoms. The van der Waals surface area contributed by atoms with Gasteiger partial charge in [0.25, 0.3) is 0 Å². The molecule has 0 aliphatic carbocycles. The van der Waals surface area contributed by atoms with Crippen LogP contribution in [-0.2, 0) is 86.2 Å². The summed E-state index contributed by atoms with van der Waals surface area (Å²) in [6, 6.07) is 41.2. The Kier molecular flexibility index (Phi) is 18.8. The molecule has 12 unspecified atom stereocenters. The van der Waals surface area contributed by atoms with Gasteiger partial charge < -0.3 is 76.4 Å². The number of sulfone groups is 1. The first-order valence-corrected chi connectivity index (χ1v) is 34.2. The fourth-order valence-electron chi connectivity index (χ4n) is 11.8. The molecule has 21 heteroatoms. The summed E-state index contributed by atoms with van der Waals surface area (Å²) in [6.07, 6.45) is 5.17. The SMILES string of the molecule is O=S(=O)(c1ccc(N(CC2CO2)CC2CO2)cc1)c1ccc(N(CC2CO2)CC2CO2)cc1.c1cc(CN(CC2CO2)CC2CO2)cc(CN(CC2CO2)CC2CO2)c1.c1cc(N(CC2CO2)CC2CO2)ccc1Cc1ccc(N(CC2CO2)CC2CO2)cc1. The number of hydrogen-bond acceptors (Lipinski definition) is 20. The van der Waals surface area contributed by atoms with Crippen molar-refractivity contribution in [1.82, 2.24) is 9.80 Å². The van der Waals surface area contributed by atoms with E-state index in [2.05, 4.69) is 102 Å². The van der Waals surface area contributed by atoms with Gasteiger partial charge in [0, 0.05) is 114 Å². The van der Waals surface area contributed by atoms with E-state index >= 15 is 0 Å².